The minimum atomic E-state index is -3.70. The summed E-state index contributed by atoms with van der Waals surface area (Å²) in [5.41, 5.74) is 2.00. The maximum atomic E-state index is 13.0. The van der Waals surface area contributed by atoms with Crippen molar-refractivity contribution in [1.29, 1.82) is 0 Å². The largest absolute Gasteiger partial charge is 0.495 e. The van der Waals surface area contributed by atoms with E-state index in [1.807, 2.05) is 31.2 Å². The summed E-state index contributed by atoms with van der Waals surface area (Å²) in [5.74, 6) is -0.693. The van der Waals surface area contributed by atoms with Crippen LogP contribution in [0.2, 0.25) is 0 Å². The summed E-state index contributed by atoms with van der Waals surface area (Å²) in [6, 6.07) is 11.9. The predicted octanol–water partition coefficient (Wildman–Crippen LogP) is 3.03. The first-order valence-electron chi connectivity index (χ1n) is 10.6. The van der Waals surface area contributed by atoms with Crippen molar-refractivity contribution in [2.75, 3.05) is 37.0 Å². The van der Waals surface area contributed by atoms with Crippen LogP contribution in [0.3, 0.4) is 0 Å². The smallest absolute Gasteiger partial charge is 0.243 e. The van der Waals surface area contributed by atoms with Crippen LogP contribution in [0.15, 0.2) is 47.4 Å². The van der Waals surface area contributed by atoms with Gasteiger partial charge >= 0.3 is 0 Å². The number of hydrogen-bond acceptors (Lipinski definition) is 5. The van der Waals surface area contributed by atoms with E-state index in [0.29, 0.717) is 18.8 Å². The number of aryl methyl sites for hydroxylation is 1. The summed E-state index contributed by atoms with van der Waals surface area (Å²) in [5, 5.41) is 2.77. The number of para-hydroxylation sites is 1. The van der Waals surface area contributed by atoms with Gasteiger partial charge in [-0.25, -0.2) is 8.42 Å². The molecule has 32 heavy (non-hydrogen) atoms. The second-order valence-corrected chi connectivity index (χ2v) is 9.57. The van der Waals surface area contributed by atoms with Crippen molar-refractivity contribution >= 4 is 33.2 Å². The number of rotatable bonds is 8. The molecule has 0 aromatic heterocycles. The van der Waals surface area contributed by atoms with E-state index in [2.05, 4.69) is 5.32 Å². The number of methoxy groups -OCH3 is 1. The zero-order valence-electron chi connectivity index (χ0n) is 18.8. The first kappa shape index (κ1) is 23.7. The van der Waals surface area contributed by atoms with Gasteiger partial charge in [0.25, 0.3) is 0 Å². The van der Waals surface area contributed by atoms with Crippen molar-refractivity contribution in [1.82, 2.24) is 4.31 Å². The number of amides is 2. The molecule has 1 N–H and O–H groups in total. The number of ether oxygens (including phenoxy) is 1. The van der Waals surface area contributed by atoms with E-state index in [0.717, 1.165) is 11.3 Å². The standard InChI is InChI=1S/C23H29N3O5S/c1-5-25(6-2)32(29,30)18-11-12-21(31-4)19(14-18)24-23(28)17-13-22(27)26(15-17)20-10-8-7-9-16(20)3/h7-12,14,17H,5-6,13,15H2,1-4H3,(H,24,28)/t17-/m1/s1. The molecule has 1 fully saturated rings. The molecule has 1 aliphatic rings. The summed E-state index contributed by atoms with van der Waals surface area (Å²) in [6.07, 6.45) is 0.0833. The fraction of sp³-hybridized carbons (Fsp3) is 0.391. The van der Waals surface area contributed by atoms with Crippen LogP contribution in [0.1, 0.15) is 25.8 Å². The molecule has 8 nitrogen and oxygen atoms in total. The van der Waals surface area contributed by atoms with Crippen LogP contribution >= 0.6 is 0 Å². The van der Waals surface area contributed by atoms with Crippen LogP contribution in [-0.2, 0) is 19.6 Å². The number of nitrogens with zero attached hydrogens (tertiary/aromatic N) is 2. The lowest BCUT2D eigenvalue weighted by Crippen LogP contribution is -2.31. The summed E-state index contributed by atoms with van der Waals surface area (Å²) < 4.78 is 32.4. The Bertz CT molecular complexity index is 1110. The van der Waals surface area contributed by atoms with Gasteiger partial charge in [-0.2, -0.15) is 4.31 Å². The quantitative estimate of drug-likeness (QED) is 0.655. The van der Waals surface area contributed by atoms with Crippen LogP contribution in [0, 0.1) is 12.8 Å². The van der Waals surface area contributed by atoms with Crippen molar-refractivity contribution < 1.29 is 22.7 Å². The van der Waals surface area contributed by atoms with Gasteiger partial charge in [0, 0.05) is 31.7 Å². The summed E-state index contributed by atoms with van der Waals surface area (Å²) in [7, 11) is -2.25. The van der Waals surface area contributed by atoms with Gasteiger partial charge in [0.1, 0.15) is 5.75 Å². The molecule has 2 amide bonds. The number of benzene rings is 2. The first-order valence-corrected chi connectivity index (χ1v) is 12.0. The molecule has 2 aromatic rings. The Balaban J connectivity index is 1.83. The van der Waals surface area contributed by atoms with Crippen molar-refractivity contribution in [3.8, 4) is 5.75 Å². The molecule has 172 valence electrons. The Hall–Kier alpha value is -2.91. The second kappa shape index (κ2) is 9.70. The summed E-state index contributed by atoms with van der Waals surface area (Å²) in [6.45, 7) is 6.39. The molecule has 2 aromatic carbocycles. The van der Waals surface area contributed by atoms with Gasteiger partial charge in [-0.1, -0.05) is 32.0 Å². The van der Waals surface area contributed by atoms with Crippen LogP contribution < -0.4 is 15.0 Å². The molecular formula is C23H29N3O5S. The zero-order valence-corrected chi connectivity index (χ0v) is 19.6. The Morgan fingerprint density at radius 3 is 2.50 bits per heavy atom. The van der Waals surface area contributed by atoms with Gasteiger partial charge in [-0.15, -0.1) is 0 Å². The molecular weight excluding hydrogens is 430 g/mol. The molecule has 0 unspecified atom stereocenters. The lowest BCUT2D eigenvalue weighted by Gasteiger charge is -2.20. The van der Waals surface area contributed by atoms with Gasteiger partial charge in [0.15, 0.2) is 0 Å². The number of carbonyl (C=O) groups excluding carboxylic acids is 2. The predicted molar refractivity (Wildman–Crippen MR) is 123 cm³/mol. The molecule has 1 saturated heterocycles. The third kappa shape index (κ3) is 4.63. The van der Waals surface area contributed by atoms with Crippen LogP contribution in [-0.4, -0.2) is 51.3 Å². The highest BCUT2D eigenvalue weighted by atomic mass is 32.2. The number of sulfonamides is 1. The number of nitrogens with one attached hydrogen (secondary N) is 1. The maximum Gasteiger partial charge on any atom is 0.243 e. The van der Waals surface area contributed by atoms with Crippen molar-refractivity contribution in [2.24, 2.45) is 5.92 Å². The number of hydrogen-bond donors (Lipinski definition) is 1. The fourth-order valence-corrected chi connectivity index (χ4v) is 5.36. The van der Waals surface area contributed by atoms with E-state index in [-0.39, 0.29) is 35.4 Å². The molecule has 1 atom stereocenters. The van der Waals surface area contributed by atoms with Gasteiger partial charge in [0.2, 0.25) is 21.8 Å². The first-order chi connectivity index (χ1) is 15.2. The molecule has 0 aliphatic carbocycles. The van der Waals surface area contributed by atoms with Gasteiger partial charge in [-0.3, -0.25) is 9.59 Å². The minimum Gasteiger partial charge on any atom is -0.495 e. The SMILES string of the molecule is CCN(CC)S(=O)(=O)c1ccc(OC)c(NC(=O)[C@@H]2CC(=O)N(c3ccccc3C)C2)c1. The molecule has 0 bridgehead atoms. The monoisotopic (exact) mass is 459 g/mol. The molecule has 9 heteroatoms. The average molecular weight is 460 g/mol. The molecule has 1 aliphatic heterocycles. The third-order valence-electron chi connectivity index (χ3n) is 5.67. The van der Waals surface area contributed by atoms with Crippen LogP contribution in [0.4, 0.5) is 11.4 Å². The topological polar surface area (TPSA) is 96.0 Å². The molecule has 3 rings (SSSR count). The normalized spacial score (nSPS) is 16.5. The van der Waals surface area contributed by atoms with E-state index in [9.17, 15) is 18.0 Å². The van der Waals surface area contributed by atoms with Crippen molar-refractivity contribution in [3.05, 3.63) is 48.0 Å². The number of carbonyl (C=O) groups is 2. The number of anilines is 2. The van der Waals surface area contributed by atoms with E-state index in [1.165, 1.54) is 29.6 Å². The van der Waals surface area contributed by atoms with Crippen molar-refractivity contribution in [2.45, 2.75) is 32.1 Å². The van der Waals surface area contributed by atoms with Gasteiger partial charge in [0.05, 0.1) is 23.6 Å². The third-order valence-corrected chi connectivity index (χ3v) is 7.72. The molecule has 0 saturated carbocycles. The van der Waals surface area contributed by atoms with Gasteiger partial charge in [-0.05, 0) is 36.8 Å². The van der Waals surface area contributed by atoms with Crippen LogP contribution in [0.5, 0.6) is 5.75 Å². The summed E-state index contributed by atoms with van der Waals surface area (Å²) in [4.78, 5) is 27.3. The molecule has 0 spiro atoms. The van der Waals surface area contributed by atoms with E-state index < -0.39 is 15.9 Å². The van der Waals surface area contributed by atoms with E-state index in [1.54, 1.807) is 18.7 Å². The van der Waals surface area contributed by atoms with Crippen molar-refractivity contribution in [3.63, 3.8) is 0 Å². The van der Waals surface area contributed by atoms with E-state index >= 15 is 0 Å². The highest BCUT2D eigenvalue weighted by molar-refractivity contribution is 7.89. The fourth-order valence-electron chi connectivity index (χ4n) is 3.87. The Morgan fingerprint density at radius 1 is 1.19 bits per heavy atom. The molecule has 0 radical (unpaired) electrons. The second-order valence-electron chi connectivity index (χ2n) is 7.63. The van der Waals surface area contributed by atoms with E-state index in [4.69, 9.17) is 4.74 Å². The molecule has 1 heterocycles. The highest BCUT2D eigenvalue weighted by Gasteiger charge is 2.36. The lowest BCUT2D eigenvalue weighted by atomic mass is 10.1. The average Bonchev–Trinajstić information content (AvgIpc) is 3.16. The lowest BCUT2D eigenvalue weighted by molar-refractivity contribution is -0.122. The maximum absolute atomic E-state index is 13.0. The Labute approximate surface area is 189 Å². The Kier molecular flexibility index (Phi) is 7.20. The minimum absolute atomic E-state index is 0.0707. The zero-order chi connectivity index (χ0) is 23.5. The Morgan fingerprint density at radius 2 is 1.88 bits per heavy atom. The highest BCUT2D eigenvalue weighted by Crippen LogP contribution is 2.32. The summed E-state index contributed by atoms with van der Waals surface area (Å²) >= 11 is 0. The van der Waals surface area contributed by atoms with Crippen LogP contribution in [0.25, 0.3) is 0 Å². The van der Waals surface area contributed by atoms with Gasteiger partial charge < -0.3 is 15.0 Å².